The minimum absolute atomic E-state index is 0.206. The molecule has 1 rings (SSSR count). The number of nitrogens with one attached hydrogen (secondary N) is 1. The number of aliphatic hydroxyl groups is 5. The number of hydrogen-bond donors (Lipinski definition) is 6. The van der Waals surface area contributed by atoms with Gasteiger partial charge in [0.1, 0.15) is 24.4 Å². The van der Waals surface area contributed by atoms with Crippen LogP contribution in [0, 0.1) is 0 Å². The molecule has 1 fully saturated rings. The quantitative estimate of drug-likeness (QED) is 0.0261. The lowest BCUT2D eigenvalue weighted by Crippen LogP contribution is -2.60. The molecule has 0 radical (unpaired) electrons. The van der Waals surface area contributed by atoms with Crippen LogP contribution >= 0.6 is 0 Å². The molecule has 7 unspecified atom stereocenters. The van der Waals surface area contributed by atoms with E-state index in [1.165, 1.54) is 44.9 Å². The Morgan fingerprint density at radius 2 is 0.875 bits per heavy atom. The number of unbranched alkanes of at least 4 members (excludes halogenated alkanes) is 13. The topological polar surface area (TPSA) is 149 Å². The van der Waals surface area contributed by atoms with Crippen molar-refractivity contribution in [3.63, 3.8) is 0 Å². The fraction of sp³-hybridized carbons (Fsp3) is 0.603. The van der Waals surface area contributed by atoms with Crippen molar-refractivity contribution in [2.45, 2.75) is 230 Å². The van der Waals surface area contributed by atoms with Crippen LogP contribution in [0.3, 0.4) is 0 Å². The van der Waals surface area contributed by atoms with Crippen molar-refractivity contribution in [1.82, 2.24) is 5.32 Å². The Bertz CT molecular complexity index is 1630. The summed E-state index contributed by atoms with van der Waals surface area (Å²) >= 11 is 0. The third-order valence-corrected chi connectivity index (χ3v) is 12.1. The van der Waals surface area contributed by atoms with Gasteiger partial charge in [0.2, 0.25) is 5.91 Å². The SMILES string of the molecule is CC/C=C\C/C=C\C/C=C\C/C=C\C/C=C\C/C=C\C/C=C\C/C=C\C/C=C\CCCCCCCCCCCC(=O)NC(COC1OC(CO)C(O)C(O)C1O)C(O)/C=C/CC/C=C/CC/C=C/CCCC. The summed E-state index contributed by atoms with van der Waals surface area (Å²) in [5, 5.41) is 54.3. The maximum atomic E-state index is 13.0. The fourth-order valence-electron chi connectivity index (χ4n) is 7.69. The van der Waals surface area contributed by atoms with Crippen LogP contribution in [0.1, 0.15) is 187 Å². The average Bonchev–Trinajstić information content (AvgIpc) is 3.38. The van der Waals surface area contributed by atoms with Crippen molar-refractivity contribution in [2.24, 2.45) is 0 Å². The van der Waals surface area contributed by atoms with Crippen LogP contribution in [0.4, 0.5) is 0 Å². The monoisotopic (exact) mass is 1000 g/mol. The molecule has 0 aromatic heterocycles. The highest BCUT2D eigenvalue weighted by molar-refractivity contribution is 5.76. The van der Waals surface area contributed by atoms with Crippen molar-refractivity contribution in [2.75, 3.05) is 13.2 Å². The smallest absolute Gasteiger partial charge is 0.220 e. The van der Waals surface area contributed by atoms with Crippen molar-refractivity contribution in [1.29, 1.82) is 0 Å². The zero-order valence-electron chi connectivity index (χ0n) is 44.9. The molecule has 7 atom stereocenters. The molecule has 1 amide bonds. The van der Waals surface area contributed by atoms with E-state index >= 15 is 0 Å². The number of carbonyl (C=O) groups is 1. The van der Waals surface area contributed by atoms with Gasteiger partial charge >= 0.3 is 0 Å². The molecule has 1 saturated heterocycles. The Hall–Kier alpha value is -3.93. The number of aliphatic hydroxyl groups excluding tert-OH is 5. The van der Waals surface area contributed by atoms with E-state index in [9.17, 15) is 30.3 Å². The van der Waals surface area contributed by atoms with Gasteiger partial charge in [-0.15, -0.1) is 0 Å². The first-order valence-electron chi connectivity index (χ1n) is 28.1. The number of rotatable bonds is 45. The first-order chi connectivity index (χ1) is 35.3. The Labute approximate surface area is 438 Å². The number of amides is 1. The van der Waals surface area contributed by atoms with Crippen molar-refractivity contribution < 1.29 is 39.8 Å². The zero-order valence-corrected chi connectivity index (χ0v) is 44.9. The van der Waals surface area contributed by atoms with E-state index in [4.69, 9.17) is 9.47 Å². The minimum Gasteiger partial charge on any atom is -0.394 e. The maximum absolute atomic E-state index is 13.0. The van der Waals surface area contributed by atoms with Gasteiger partial charge in [-0.3, -0.25) is 4.79 Å². The van der Waals surface area contributed by atoms with Gasteiger partial charge in [-0.2, -0.15) is 0 Å². The van der Waals surface area contributed by atoms with Crippen LogP contribution < -0.4 is 5.32 Å². The molecule has 9 heteroatoms. The third kappa shape index (κ3) is 39.6. The molecule has 0 bridgehead atoms. The third-order valence-electron chi connectivity index (χ3n) is 12.1. The molecule has 0 aromatic carbocycles. The van der Waals surface area contributed by atoms with Gasteiger partial charge in [-0.05, 0) is 109 Å². The van der Waals surface area contributed by atoms with Gasteiger partial charge in [0.15, 0.2) is 6.29 Å². The van der Waals surface area contributed by atoms with Crippen molar-refractivity contribution >= 4 is 5.91 Å². The minimum atomic E-state index is -1.58. The highest BCUT2D eigenvalue weighted by Crippen LogP contribution is 2.22. The Kier molecular flexibility index (Phi) is 46.4. The van der Waals surface area contributed by atoms with Crippen LogP contribution in [0.15, 0.2) is 146 Å². The summed E-state index contributed by atoms with van der Waals surface area (Å²) in [4.78, 5) is 13.0. The molecule has 0 saturated carbocycles. The molecule has 406 valence electrons. The number of carbonyl (C=O) groups excluding carboxylic acids is 1. The van der Waals surface area contributed by atoms with Crippen LogP contribution in [0.5, 0.6) is 0 Å². The summed E-state index contributed by atoms with van der Waals surface area (Å²) in [6.45, 7) is 3.56. The average molecular weight is 1000 g/mol. The van der Waals surface area contributed by atoms with E-state index in [-0.39, 0.29) is 12.5 Å². The molecule has 72 heavy (non-hydrogen) atoms. The molecule has 1 heterocycles. The van der Waals surface area contributed by atoms with Crippen LogP contribution in [-0.2, 0) is 14.3 Å². The number of hydrogen-bond acceptors (Lipinski definition) is 8. The van der Waals surface area contributed by atoms with Gasteiger partial charge < -0.3 is 40.3 Å². The van der Waals surface area contributed by atoms with E-state index in [1.807, 2.05) is 6.08 Å². The molecule has 1 aliphatic rings. The lowest BCUT2D eigenvalue weighted by atomic mass is 9.99. The highest BCUT2D eigenvalue weighted by Gasteiger charge is 2.44. The van der Waals surface area contributed by atoms with Crippen LogP contribution in [-0.4, -0.2) is 87.5 Å². The normalized spacial score (nSPS) is 20.3. The molecule has 9 nitrogen and oxygen atoms in total. The molecule has 1 aliphatic heterocycles. The molecular formula is C63H101NO8. The second-order valence-corrected chi connectivity index (χ2v) is 18.6. The van der Waals surface area contributed by atoms with E-state index in [0.717, 1.165) is 122 Å². The summed E-state index contributed by atoms with van der Waals surface area (Å²) in [6, 6.07) is -0.841. The molecule has 0 aromatic rings. The van der Waals surface area contributed by atoms with E-state index in [0.29, 0.717) is 6.42 Å². The van der Waals surface area contributed by atoms with Gasteiger partial charge in [-0.25, -0.2) is 0 Å². The van der Waals surface area contributed by atoms with Crippen LogP contribution in [0.25, 0.3) is 0 Å². The first kappa shape index (κ1) is 66.1. The molecular weight excluding hydrogens is 899 g/mol. The Morgan fingerprint density at radius 1 is 0.486 bits per heavy atom. The lowest BCUT2D eigenvalue weighted by Gasteiger charge is -2.40. The lowest BCUT2D eigenvalue weighted by molar-refractivity contribution is -0.302. The standard InChI is InChI=1S/C63H101NO8/c1-3-5-7-9-11-13-15-17-18-19-20-21-22-23-24-25-26-27-28-29-30-31-32-33-34-35-36-37-38-39-40-41-43-45-47-49-51-53-59(67)64-56(55-71-63-62(70)61(69)60(68)58(54-65)72-63)57(66)52-50-48-46-44-42-16-14-12-10-8-6-4-2/h5,7,10-13,17-18,20-21,23-24,26-27,29-30,32-33,35-36,42,44,50,52,56-58,60-63,65-66,68-70H,3-4,6,8-9,14-16,19,22,25,28,31,34,37-41,43,45-49,51,53-55H2,1-2H3,(H,64,67)/b7-5-,12-10+,13-11-,18-17-,21-20-,24-23-,27-26-,30-29-,33-32-,36-35-,44-42+,52-50+. The Balaban J connectivity index is 2.18. The highest BCUT2D eigenvalue weighted by atomic mass is 16.7. The summed E-state index contributed by atoms with van der Waals surface area (Å²) in [6.07, 6.45) is 72.0. The summed E-state index contributed by atoms with van der Waals surface area (Å²) < 4.78 is 11.2. The van der Waals surface area contributed by atoms with Crippen molar-refractivity contribution in [3.05, 3.63) is 146 Å². The van der Waals surface area contributed by atoms with Crippen molar-refractivity contribution in [3.8, 4) is 0 Å². The summed E-state index contributed by atoms with van der Waals surface area (Å²) in [7, 11) is 0. The van der Waals surface area contributed by atoms with E-state index in [1.54, 1.807) is 6.08 Å². The number of ether oxygens (including phenoxy) is 2. The molecule has 0 spiro atoms. The van der Waals surface area contributed by atoms with Crippen LogP contribution in [0.2, 0.25) is 0 Å². The molecule has 6 N–H and O–H groups in total. The second kappa shape index (κ2) is 50.6. The van der Waals surface area contributed by atoms with Gasteiger partial charge in [0, 0.05) is 6.42 Å². The van der Waals surface area contributed by atoms with Gasteiger partial charge in [-0.1, -0.05) is 217 Å². The predicted octanol–water partition coefficient (Wildman–Crippen LogP) is 13.9. The predicted molar refractivity (Wildman–Crippen MR) is 303 cm³/mol. The number of allylic oxidation sites excluding steroid dienone is 23. The zero-order chi connectivity index (χ0) is 52.2. The maximum Gasteiger partial charge on any atom is 0.220 e. The summed E-state index contributed by atoms with van der Waals surface area (Å²) in [5.74, 6) is -0.206. The largest absolute Gasteiger partial charge is 0.394 e. The van der Waals surface area contributed by atoms with Gasteiger partial charge in [0.25, 0.3) is 0 Å². The fourth-order valence-corrected chi connectivity index (χ4v) is 7.69. The van der Waals surface area contributed by atoms with E-state index < -0.39 is 49.5 Å². The first-order valence-corrected chi connectivity index (χ1v) is 28.1. The van der Waals surface area contributed by atoms with Gasteiger partial charge in [0.05, 0.1) is 25.4 Å². The summed E-state index contributed by atoms with van der Waals surface area (Å²) in [5.41, 5.74) is 0. The Morgan fingerprint density at radius 3 is 1.33 bits per heavy atom. The van der Waals surface area contributed by atoms with E-state index in [2.05, 4.69) is 153 Å². The second-order valence-electron chi connectivity index (χ2n) is 18.6. The molecule has 0 aliphatic carbocycles.